The molecule has 1 atom stereocenters. The number of nitrogens with one attached hydrogen (secondary N) is 1. The van der Waals surface area contributed by atoms with Gasteiger partial charge in [-0.25, -0.2) is 4.39 Å². The normalized spacial score (nSPS) is 19.5. The zero-order valence-corrected chi connectivity index (χ0v) is 12.2. The first-order valence-corrected chi connectivity index (χ1v) is 7.70. The molecule has 1 saturated carbocycles. The van der Waals surface area contributed by atoms with E-state index in [-0.39, 0.29) is 5.82 Å². The standard InChI is InChI=1S/C17H26FN/c1-3-12-19-16(14-8-7-9-15(18)13-14)17(4-2)10-5-6-11-17/h7-9,13,16,19H,3-6,10-12H2,1-2H3. The molecule has 1 aliphatic carbocycles. The lowest BCUT2D eigenvalue weighted by molar-refractivity contribution is 0.187. The maximum Gasteiger partial charge on any atom is 0.123 e. The molecular weight excluding hydrogens is 237 g/mol. The molecule has 106 valence electrons. The van der Waals surface area contributed by atoms with Crippen molar-refractivity contribution in [3.63, 3.8) is 0 Å². The smallest absolute Gasteiger partial charge is 0.123 e. The van der Waals surface area contributed by atoms with Gasteiger partial charge in [0.25, 0.3) is 0 Å². The second-order valence-electron chi connectivity index (χ2n) is 5.87. The highest BCUT2D eigenvalue weighted by Crippen LogP contribution is 2.50. The lowest BCUT2D eigenvalue weighted by Crippen LogP contribution is -2.36. The van der Waals surface area contributed by atoms with E-state index in [1.54, 1.807) is 6.07 Å². The molecule has 1 aliphatic rings. The third kappa shape index (κ3) is 3.17. The van der Waals surface area contributed by atoms with E-state index in [1.807, 2.05) is 6.07 Å². The molecule has 1 aromatic rings. The van der Waals surface area contributed by atoms with Gasteiger partial charge in [0.15, 0.2) is 0 Å². The van der Waals surface area contributed by atoms with E-state index < -0.39 is 0 Å². The third-order valence-corrected chi connectivity index (χ3v) is 4.70. The van der Waals surface area contributed by atoms with Gasteiger partial charge in [0.05, 0.1) is 0 Å². The Bertz CT molecular complexity index is 396. The summed E-state index contributed by atoms with van der Waals surface area (Å²) in [4.78, 5) is 0. The molecule has 0 spiro atoms. The van der Waals surface area contributed by atoms with Crippen LogP contribution in [0.2, 0.25) is 0 Å². The van der Waals surface area contributed by atoms with Crippen LogP contribution in [0.1, 0.15) is 64.0 Å². The average molecular weight is 263 g/mol. The minimum Gasteiger partial charge on any atom is -0.309 e. The van der Waals surface area contributed by atoms with Crippen LogP contribution in [0.4, 0.5) is 4.39 Å². The molecule has 1 nitrogen and oxygen atoms in total. The lowest BCUT2D eigenvalue weighted by atomic mass is 9.73. The van der Waals surface area contributed by atoms with Gasteiger partial charge in [-0.1, -0.05) is 38.8 Å². The molecule has 0 bridgehead atoms. The predicted molar refractivity (Wildman–Crippen MR) is 78.6 cm³/mol. The molecule has 1 unspecified atom stereocenters. The van der Waals surface area contributed by atoms with E-state index in [0.29, 0.717) is 11.5 Å². The van der Waals surface area contributed by atoms with Gasteiger partial charge in [-0.15, -0.1) is 0 Å². The summed E-state index contributed by atoms with van der Waals surface area (Å²) in [5.41, 5.74) is 1.44. The molecule has 2 heteroatoms. The number of benzene rings is 1. The first kappa shape index (κ1) is 14.5. The molecule has 1 aromatic carbocycles. The van der Waals surface area contributed by atoms with Crippen molar-refractivity contribution >= 4 is 0 Å². The van der Waals surface area contributed by atoms with Crippen LogP contribution in [0, 0.1) is 11.2 Å². The zero-order chi connectivity index (χ0) is 13.7. The van der Waals surface area contributed by atoms with Crippen LogP contribution < -0.4 is 5.32 Å². The van der Waals surface area contributed by atoms with Crippen molar-refractivity contribution in [2.75, 3.05) is 6.54 Å². The summed E-state index contributed by atoms with van der Waals surface area (Å²) in [5.74, 6) is -0.120. The molecule has 0 heterocycles. The maximum atomic E-state index is 13.5. The highest BCUT2D eigenvalue weighted by molar-refractivity contribution is 5.23. The zero-order valence-electron chi connectivity index (χ0n) is 12.2. The van der Waals surface area contributed by atoms with Gasteiger partial charge in [0.2, 0.25) is 0 Å². The highest BCUT2D eigenvalue weighted by Gasteiger charge is 2.40. The topological polar surface area (TPSA) is 12.0 Å². The molecule has 1 fully saturated rings. The van der Waals surface area contributed by atoms with Crippen molar-refractivity contribution < 1.29 is 4.39 Å². The second-order valence-corrected chi connectivity index (χ2v) is 5.87. The Morgan fingerprint density at radius 2 is 2.00 bits per heavy atom. The average Bonchev–Trinajstić information content (AvgIpc) is 2.89. The lowest BCUT2D eigenvalue weighted by Gasteiger charge is -2.38. The van der Waals surface area contributed by atoms with Crippen molar-refractivity contribution in [3.8, 4) is 0 Å². The van der Waals surface area contributed by atoms with Crippen molar-refractivity contribution in [1.29, 1.82) is 0 Å². The Kier molecular flexibility index (Phi) is 4.98. The monoisotopic (exact) mass is 263 g/mol. The molecule has 0 amide bonds. The van der Waals surface area contributed by atoms with E-state index in [1.165, 1.54) is 38.2 Å². The third-order valence-electron chi connectivity index (χ3n) is 4.70. The Labute approximate surface area is 116 Å². The van der Waals surface area contributed by atoms with Crippen LogP contribution in [0.25, 0.3) is 0 Å². The maximum absolute atomic E-state index is 13.5. The van der Waals surface area contributed by atoms with Crippen molar-refractivity contribution in [2.24, 2.45) is 5.41 Å². The summed E-state index contributed by atoms with van der Waals surface area (Å²) in [6.45, 7) is 5.47. The van der Waals surface area contributed by atoms with Gasteiger partial charge >= 0.3 is 0 Å². The Morgan fingerprint density at radius 3 is 2.58 bits per heavy atom. The summed E-state index contributed by atoms with van der Waals surface area (Å²) >= 11 is 0. The Morgan fingerprint density at radius 1 is 1.26 bits per heavy atom. The minimum absolute atomic E-state index is 0.120. The molecule has 0 aromatic heterocycles. The van der Waals surface area contributed by atoms with Crippen molar-refractivity contribution in [3.05, 3.63) is 35.6 Å². The summed E-state index contributed by atoms with van der Waals surface area (Å²) in [5, 5.41) is 3.68. The first-order valence-electron chi connectivity index (χ1n) is 7.70. The molecule has 19 heavy (non-hydrogen) atoms. The second kappa shape index (κ2) is 6.51. The summed E-state index contributed by atoms with van der Waals surface area (Å²) in [6, 6.07) is 7.46. The van der Waals surface area contributed by atoms with Crippen LogP contribution in [0.15, 0.2) is 24.3 Å². The van der Waals surface area contributed by atoms with Crippen molar-refractivity contribution in [1.82, 2.24) is 5.32 Å². The van der Waals surface area contributed by atoms with Crippen LogP contribution >= 0.6 is 0 Å². The summed E-state index contributed by atoms with van der Waals surface area (Å²) in [7, 11) is 0. The van der Waals surface area contributed by atoms with E-state index in [0.717, 1.165) is 18.5 Å². The van der Waals surface area contributed by atoms with E-state index in [9.17, 15) is 4.39 Å². The van der Waals surface area contributed by atoms with E-state index >= 15 is 0 Å². The minimum atomic E-state index is -0.120. The molecule has 1 N–H and O–H groups in total. The van der Waals surface area contributed by atoms with Gasteiger partial charge < -0.3 is 5.32 Å². The number of halogens is 1. The summed E-state index contributed by atoms with van der Waals surface area (Å²) < 4.78 is 13.5. The number of hydrogen-bond acceptors (Lipinski definition) is 1. The van der Waals surface area contributed by atoms with Gasteiger partial charge in [0.1, 0.15) is 5.82 Å². The van der Waals surface area contributed by atoms with E-state index in [2.05, 4.69) is 25.2 Å². The van der Waals surface area contributed by atoms with Crippen molar-refractivity contribution in [2.45, 2.75) is 58.4 Å². The van der Waals surface area contributed by atoms with Gasteiger partial charge in [0, 0.05) is 6.04 Å². The van der Waals surface area contributed by atoms with Crippen LogP contribution in [-0.2, 0) is 0 Å². The molecule has 0 radical (unpaired) electrons. The fourth-order valence-electron chi connectivity index (χ4n) is 3.59. The molecule has 0 saturated heterocycles. The Balaban J connectivity index is 2.29. The highest BCUT2D eigenvalue weighted by atomic mass is 19.1. The molecule has 2 rings (SSSR count). The first-order chi connectivity index (χ1) is 9.22. The fraction of sp³-hybridized carbons (Fsp3) is 0.647. The van der Waals surface area contributed by atoms with Gasteiger partial charge in [-0.05, 0) is 55.3 Å². The van der Waals surface area contributed by atoms with Gasteiger partial charge in [-0.2, -0.15) is 0 Å². The Hall–Kier alpha value is -0.890. The largest absolute Gasteiger partial charge is 0.309 e. The number of hydrogen-bond donors (Lipinski definition) is 1. The van der Waals surface area contributed by atoms with Crippen LogP contribution in [0.5, 0.6) is 0 Å². The number of rotatable bonds is 6. The van der Waals surface area contributed by atoms with E-state index in [4.69, 9.17) is 0 Å². The molecular formula is C17H26FN. The fourth-order valence-corrected chi connectivity index (χ4v) is 3.59. The van der Waals surface area contributed by atoms with Crippen LogP contribution in [-0.4, -0.2) is 6.54 Å². The molecule has 0 aliphatic heterocycles. The predicted octanol–water partition coefficient (Wildman–Crippen LogP) is 4.84. The van der Waals surface area contributed by atoms with Gasteiger partial charge in [-0.3, -0.25) is 0 Å². The quantitative estimate of drug-likeness (QED) is 0.774. The SMILES string of the molecule is CCCNC(c1cccc(F)c1)C1(CC)CCCC1. The van der Waals surface area contributed by atoms with Crippen LogP contribution in [0.3, 0.4) is 0 Å². The summed E-state index contributed by atoms with van der Waals surface area (Å²) in [6.07, 6.45) is 7.44.